The average molecular weight is 1170 g/mol. The Kier molecular flexibility index (Phi) is 59.8. The number of ether oxygens (including phenoxy) is 3. The van der Waals surface area contributed by atoms with Crippen molar-refractivity contribution < 1.29 is 52.2 Å². The number of esters is 3. The van der Waals surface area contributed by atoms with Crippen molar-refractivity contribution >= 4 is 25.7 Å². The molecule has 82 heavy (non-hydrogen) atoms. The highest BCUT2D eigenvalue weighted by Crippen LogP contribution is 2.43. The predicted molar refractivity (Wildman–Crippen MR) is 343 cm³/mol. The number of hydrogen-bond donors (Lipinski definition) is 2. The second-order valence-corrected chi connectivity index (χ2v) is 22.6. The maximum Gasteiger partial charge on any atom is 0.472 e. The van der Waals surface area contributed by atoms with Crippen molar-refractivity contribution in [3.8, 4) is 0 Å². The fraction of sp³-hybridized carbons (Fsp3) is 0.671. The molecule has 0 bridgehead atoms. The zero-order valence-electron chi connectivity index (χ0n) is 51.9. The van der Waals surface area contributed by atoms with Gasteiger partial charge in [0.2, 0.25) is 0 Å². The molecule has 0 aromatic rings. The molecular formula is C70H117O11P. The summed E-state index contributed by atoms with van der Waals surface area (Å²) in [6, 6.07) is 0. The standard InChI is InChI=1S/C70H117O11P/c1-4-7-10-13-16-19-22-25-28-31-33-36-39-42-45-48-51-54-57-60-69(73)80-66(62-71)64-78-82(75,76)79-65-67(63-77-68(72)59-56-53-50-47-44-41-38-35-30-27-24-21-18-15-12-9-6-3)81-70(74)61-58-55-52-49-46-43-40-37-34-32-29-26-23-20-17-14-11-8-5-2/h8-9,11-12,16-21,25-30,34,37,43,46,66-67,71H,4-7,10,13-15,22-24,31-33,35-36,38-42,44-45,47-65H2,1-3H3,(H,75,76)/b11-8-,12-9-,19-16-,20-17-,21-18-,28-25-,29-26-,30-27-,37-34-,46-43-. The van der Waals surface area contributed by atoms with Crippen LogP contribution in [0.25, 0.3) is 0 Å². The zero-order valence-corrected chi connectivity index (χ0v) is 52.8. The van der Waals surface area contributed by atoms with Gasteiger partial charge < -0.3 is 24.2 Å². The first-order valence-corrected chi connectivity index (χ1v) is 33.9. The lowest BCUT2D eigenvalue weighted by atomic mass is 10.1. The van der Waals surface area contributed by atoms with E-state index in [0.717, 1.165) is 135 Å². The van der Waals surface area contributed by atoms with Gasteiger partial charge in [0.1, 0.15) is 12.7 Å². The van der Waals surface area contributed by atoms with Crippen LogP contribution in [0.4, 0.5) is 0 Å². The summed E-state index contributed by atoms with van der Waals surface area (Å²) in [7, 11) is -4.78. The molecule has 0 aliphatic rings. The molecule has 3 unspecified atom stereocenters. The Balaban J connectivity index is 4.76. The van der Waals surface area contributed by atoms with Crippen molar-refractivity contribution in [3.05, 3.63) is 122 Å². The van der Waals surface area contributed by atoms with Crippen molar-refractivity contribution in [1.82, 2.24) is 0 Å². The number of unbranched alkanes of at least 4 members (excludes halogenated alkanes) is 22. The Bertz CT molecular complexity index is 1840. The molecule has 0 spiro atoms. The molecule has 0 amide bonds. The molecule has 0 aromatic heterocycles. The van der Waals surface area contributed by atoms with Gasteiger partial charge in [-0.15, -0.1) is 0 Å². The molecule has 0 aliphatic heterocycles. The summed E-state index contributed by atoms with van der Waals surface area (Å²) < 4.78 is 39.7. The molecule has 0 saturated carbocycles. The normalized spacial score (nSPS) is 14.1. The molecule has 0 rings (SSSR count). The minimum absolute atomic E-state index is 0.120. The lowest BCUT2D eigenvalue weighted by Crippen LogP contribution is -2.30. The number of allylic oxidation sites excluding steroid dienone is 20. The first kappa shape index (κ1) is 77.9. The van der Waals surface area contributed by atoms with E-state index in [0.29, 0.717) is 19.3 Å². The second-order valence-electron chi connectivity index (χ2n) is 21.2. The number of aliphatic hydroxyl groups is 1. The largest absolute Gasteiger partial charge is 0.472 e. The van der Waals surface area contributed by atoms with Crippen LogP contribution in [0.3, 0.4) is 0 Å². The van der Waals surface area contributed by atoms with Gasteiger partial charge in [0.15, 0.2) is 6.10 Å². The zero-order chi connectivity index (χ0) is 59.8. The minimum atomic E-state index is -4.78. The van der Waals surface area contributed by atoms with E-state index in [-0.39, 0.29) is 25.9 Å². The summed E-state index contributed by atoms with van der Waals surface area (Å²) in [5, 5.41) is 9.87. The maximum atomic E-state index is 13.0. The fourth-order valence-electron chi connectivity index (χ4n) is 8.49. The van der Waals surface area contributed by atoms with Crippen LogP contribution in [0.1, 0.15) is 265 Å². The molecule has 11 nitrogen and oxygen atoms in total. The van der Waals surface area contributed by atoms with Crippen molar-refractivity contribution in [3.63, 3.8) is 0 Å². The maximum absolute atomic E-state index is 13.0. The van der Waals surface area contributed by atoms with Gasteiger partial charge in [-0.2, -0.15) is 0 Å². The number of phosphoric ester groups is 1. The van der Waals surface area contributed by atoms with E-state index in [4.69, 9.17) is 23.3 Å². The number of aliphatic hydroxyl groups excluding tert-OH is 1. The number of rotatable bonds is 59. The van der Waals surface area contributed by atoms with Crippen molar-refractivity contribution in [2.24, 2.45) is 0 Å². The summed E-state index contributed by atoms with van der Waals surface area (Å²) in [6.45, 7) is 4.36. The highest BCUT2D eigenvalue weighted by molar-refractivity contribution is 7.47. The second kappa shape index (κ2) is 62.9. The lowest BCUT2D eigenvalue weighted by molar-refractivity contribution is -0.161. The molecule has 12 heteroatoms. The highest BCUT2D eigenvalue weighted by Gasteiger charge is 2.28. The molecule has 468 valence electrons. The summed E-state index contributed by atoms with van der Waals surface area (Å²) in [4.78, 5) is 48.8. The molecule has 0 fully saturated rings. The smallest absolute Gasteiger partial charge is 0.462 e. The lowest BCUT2D eigenvalue weighted by Gasteiger charge is -2.21. The van der Waals surface area contributed by atoms with E-state index < -0.39 is 57.8 Å². The molecule has 0 aromatic carbocycles. The van der Waals surface area contributed by atoms with Crippen LogP contribution in [0.15, 0.2) is 122 Å². The van der Waals surface area contributed by atoms with E-state index in [9.17, 15) is 28.9 Å². The Morgan fingerprint density at radius 1 is 0.354 bits per heavy atom. The molecule has 0 heterocycles. The van der Waals surface area contributed by atoms with Gasteiger partial charge in [0, 0.05) is 19.3 Å². The van der Waals surface area contributed by atoms with Crippen molar-refractivity contribution in [2.45, 2.75) is 277 Å². The van der Waals surface area contributed by atoms with Crippen molar-refractivity contribution in [2.75, 3.05) is 26.4 Å². The van der Waals surface area contributed by atoms with Gasteiger partial charge in [-0.05, 0) is 128 Å². The summed E-state index contributed by atoms with van der Waals surface area (Å²) in [6.07, 6.45) is 78.6. The van der Waals surface area contributed by atoms with Crippen LogP contribution >= 0.6 is 7.82 Å². The van der Waals surface area contributed by atoms with E-state index >= 15 is 0 Å². The van der Waals surface area contributed by atoms with Gasteiger partial charge in [-0.1, -0.05) is 239 Å². The summed E-state index contributed by atoms with van der Waals surface area (Å²) in [5.74, 6) is -1.52. The quantitative estimate of drug-likeness (QED) is 0.0197. The van der Waals surface area contributed by atoms with E-state index in [1.807, 2.05) is 0 Å². The average Bonchev–Trinajstić information content (AvgIpc) is 3.50. The number of hydrogen-bond acceptors (Lipinski definition) is 10. The van der Waals surface area contributed by atoms with Crippen LogP contribution in [0, 0.1) is 0 Å². The van der Waals surface area contributed by atoms with Gasteiger partial charge in [0.05, 0.1) is 19.8 Å². The van der Waals surface area contributed by atoms with Crippen LogP contribution in [0.2, 0.25) is 0 Å². The third-order valence-corrected chi connectivity index (χ3v) is 14.3. The molecule has 0 saturated heterocycles. The highest BCUT2D eigenvalue weighted by atomic mass is 31.2. The topological polar surface area (TPSA) is 155 Å². The Morgan fingerprint density at radius 3 is 0.988 bits per heavy atom. The van der Waals surface area contributed by atoms with Crippen LogP contribution in [0.5, 0.6) is 0 Å². The van der Waals surface area contributed by atoms with Gasteiger partial charge in [-0.3, -0.25) is 23.4 Å². The minimum Gasteiger partial charge on any atom is -0.462 e. The third kappa shape index (κ3) is 60.5. The first-order valence-electron chi connectivity index (χ1n) is 32.4. The Labute approximate surface area is 500 Å². The van der Waals surface area contributed by atoms with E-state index in [2.05, 4.69) is 142 Å². The van der Waals surface area contributed by atoms with E-state index in [1.165, 1.54) is 70.6 Å². The van der Waals surface area contributed by atoms with Crippen LogP contribution in [-0.2, 0) is 42.2 Å². The molecule has 2 N–H and O–H groups in total. The summed E-state index contributed by atoms with van der Waals surface area (Å²) in [5.41, 5.74) is 0. The first-order chi connectivity index (χ1) is 40.2. The van der Waals surface area contributed by atoms with Crippen LogP contribution < -0.4 is 0 Å². The number of carbonyl (C=O) groups is 3. The Hall–Kier alpha value is -4.12. The molecular weight excluding hydrogens is 1050 g/mol. The number of carbonyl (C=O) groups excluding carboxylic acids is 3. The van der Waals surface area contributed by atoms with Crippen molar-refractivity contribution in [1.29, 1.82) is 0 Å². The predicted octanol–water partition coefficient (Wildman–Crippen LogP) is 19.9. The fourth-order valence-corrected chi connectivity index (χ4v) is 9.27. The van der Waals surface area contributed by atoms with Gasteiger partial charge >= 0.3 is 25.7 Å². The van der Waals surface area contributed by atoms with Crippen LogP contribution in [-0.4, -0.2) is 66.5 Å². The molecule has 0 radical (unpaired) electrons. The number of phosphoric acid groups is 1. The third-order valence-electron chi connectivity index (χ3n) is 13.3. The van der Waals surface area contributed by atoms with Gasteiger partial charge in [0.25, 0.3) is 0 Å². The monoisotopic (exact) mass is 1160 g/mol. The van der Waals surface area contributed by atoms with Gasteiger partial charge in [-0.25, -0.2) is 4.57 Å². The SMILES string of the molecule is CC/C=C\C/C=C\C/C=C\C/C=C\C/C=C\CCCCCC(=O)OC(COC(=O)CCCCCCCCC/C=C\C/C=C\C/C=C\CC)COP(=O)(O)OCC(CO)OC(=O)CCCCCCCCCCC/C=C\C/C=C\CCCCC. The summed E-state index contributed by atoms with van der Waals surface area (Å²) >= 11 is 0. The molecule has 0 aliphatic carbocycles. The molecule has 3 atom stereocenters. The van der Waals surface area contributed by atoms with E-state index in [1.54, 1.807) is 0 Å². The Morgan fingerprint density at radius 2 is 0.634 bits per heavy atom.